The van der Waals surface area contributed by atoms with Gasteiger partial charge in [0.25, 0.3) is 0 Å². The maximum atomic E-state index is 11.8. The number of carbonyl (C=O) groups is 3. The monoisotopic (exact) mass is 275 g/mol. The zero-order valence-electron chi connectivity index (χ0n) is 11.4. The van der Waals surface area contributed by atoms with Crippen molar-refractivity contribution in [1.29, 1.82) is 0 Å². The minimum atomic E-state index is -1.37. The van der Waals surface area contributed by atoms with Gasteiger partial charge in [0.2, 0.25) is 5.91 Å². The van der Waals surface area contributed by atoms with Gasteiger partial charge in [0, 0.05) is 20.6 Å². The lowest BCUT2D eigenvalue weighted by atomic mass is 10.3. The number of aliphatic hydroxyl groups is 1. The molecule has 19 heavy (non-hydrogen) atoms. The van der Waals surface area contributed by atoms with Crippen molar-refractivity contribution in [2.75, 3.05) is 33.8 Å². The van der Waals surface area contributed by atoms with Crippen LogP contribution in [-0.4, -0.2) is 77.8 Å². The molecule has 0 radical (unpaired) electrons. The minimum absolute atomic E-state index is 0.134. The Balaban J connectivity index is 4.65. The van der Waals surface area contributed by atoms with Gasteiger partial charge in [-0.3, -0.25) is 4.79 Å². The topological polar surface area (TPSA) is 110 Å². The first-order chi connectivity index (χ1) is 8.83. The van der Waals surface area contributed by atoms with Gasteiger partial charge in [0.15, 0.2) is 6.04 Å². The second-order valence-electron chi connectivity index (χ2n) is 4.23. The van der Waals surface area contributed by atoms with E-state index < -0.39 is 24.6 Å². The lowest BCUT2D eigenvalue weighted by Gasteiger charge is -2.25. The number of amides is 3. The van der Waals surface area contributed by atoms with Crippen LogP contribution in [0.1, 0.15) is 13.3 Å². The molecule has 0 fully saturated rings. The fraction of sp³-hybridized carbons (Fsp3) is 0.727. The normalized spacial score (nSPS) is 11.6. The predicted molar refractivity (Wildman–Crippen MR) is 67.6 cm³/mol. The molecule has 1 atom stereocenters. The SMILES string of the molecule is CCCN(CC(=O)N(C)C)C(=O)NC(CO)C(=O)O. The van der Waals surface area contributed by atoms with Crippen LogP contribution in [0, 0.1) is 0 Å². The summed E-state index contributed by atoms with van der Waals surface area (Å²) >= 11 is 0. The fourth-order valence-corrected chi connectivity index (χ4v) is 1.25. The molecule has 0 aromatic carbocycles. The molecule has 3 amide bonds. The molecule has 0 saturated heterocycles. The van der Waals surface area contributed by atoms with Crippen LogP contribution >= 0.6 is 0 Å². The smallest absolute Gasteiger partial charge is 0.328 e. The van der Waals surface area contributed by atoms with Crippen LogP contribution in [0.3, 0.4) is 0 Å². The van der Waals surface area contributed by atoms with Gasteiger partial charge in [-0.2, -0.15) is 0 Å². The molecule has 0 aliphatic carbocycles. The van der Waals surface area contributed by atoms with E-state index in [0.717, 1.165) is 0 Å². The Hall–Kier alpha value is -1.83. The molecule has 0 aromatic rings. The van der Waals surface area contributed by atoms with E-state index in [0.29, 0.717) is 13.0 Å². The number of nitrogens with zero attached hydrogens (tertiary/aromatic N) is 2. The lowest BCUT2D eigenvalue weighted by molar-refractivity contribution is -0.140. The molecule has 8 nitrogen and oxygen atoms in total. The Bertz CT molecular complexity index is 332. The maximum Gasteiger partial charge on any atom is 0.328 e. The molecule has 0 aromatic heterocycles. The highest BCUT2D eigenvalue weighted by atomic mass is 16.4. The molecule has 0 aliphatic rings. The summed E-state index contributed by atoms with van der Waals surface area (Å²) in [6.07, 6.45) is 0.630. The second-order valence-corrected chi connectivity index (χ2v) is 4.23. The van der Waals surface area contributed by atoms with Crippen molar-refractivity contribution < 1.29 is 24.6 Å². The van der Waals surface area contributed by atoms with Gasteiger partial charge in [0.05, 0.1) is 6.61 Å². The van der Waals surface area contributed by atoms with Crippen LogP contribution in [0.5, 0.6) is 0 Å². The summed E-state index contributed by atoms with van der Waals surface area (Å²) in [5.41, 5.74) is 0. The number of aliphatic hydroxyl groups excluding tert-OH is 1. The first kappa shape index (κ1) is 17.2. The lowest BCUT2D eigenvalue weighted by Crippen LogP contribution is -2.51. The number of urea groups is 1. The van der Waals surface area contributed by atoms with Gasteiger partial charge in [-0.25, -0.2) is 9.59 Å². The first-order valence-corrected chi connectivity index (χ1v) is 5.92. The van der Waals surface area contributed by atoms with E-state index in [2.05, 4.69) is 5.32 Å². The molecule has 8 heteroatoms. The highest BCUT2D eigenvalue weighted by molar-refractivity contribution is 5.86. The summed E-state index contributed by atoms with van der Waals surface area (Å²) < 4.78 is 0. The van der Waals surface area contributed by atoms with Crippen molar-refractivity contribution >= 4 is 17.9 Å². The van der Waals surface area contributed by atoms with Crippen molar-refractivity contribution in [2.24, 2.45) is 0 Å². The molecule has 3 N–H and O–H groups in total. The molecule has 0 saturated carbocycles. The minimum Gasteiger partial charge on any atom is -0.480 e. The Kier molecular flexibility index (Phi) is 7.50. The third kappa shape index (κ3) is 6.05. The van der Waals surface area contributed by atoms with Crippen LogP contribution in [0.15, 0.2) is 0 Å². The van der Waals surface area contributed by atoms with Crippen molar-refractivity contribution in [3.63, 3.8) is 0 Å². The first-order valence-electron chi connectivity index (χ1n) is 5.92. The van der Waals surface area contributed by atoms with Crippen LogP contribution in [0.25, 0.3) is 0 Å². The third-order valence-corrected chi connectivity index (χ3v) is 2.38. The van der Waals surface area contributed by atoms with E-state index in [1.165, 1.54) is 9.80 Å². The van der Waals surface area contributed by atoms with Crippen LogP contribution < -0.4 is 5.32 Å². The van der Waals surface area contributed by atoms with E-state index in [4.69, 9.17) is 10.2 Å². The van der Waals surface area contributed by atoms with E-state index >= 15 is 0 Å². The summed E-state index contributed by atoms with van der Waals surface area (Å²) in [5, 5.41) is 19.7. The molecular weight excluding hydrogens is 254 g/mol. The van der Waals surface area contributed by atoms with E-state index in [1.807, 2.05) is 6.92 Å². The molecule has 0 rings (SSSR count). The number of carbonyl (C=O) groups excluding carboxylic acids is 2. The molecule has 0 bridgehead atoms. The number of hydrogen-bond acceptors (Lipinski definition) is 4. The van der Waals surface area contributed by atoms with Gasteiger partial charge in [-0.05, 0) is 6.42 Å². The molecule has 0 spiro atoms. The summed E-state index contributed by atoms with van der Waals surface area (Å²) in [7, 11) is 3.14. The number of carboxylic acids is 1. The Labute approximate surface area is 112 Å². The Morgan fingerprint density at radius 2 is 1.84 bits per heavy atom. The average Bonchev–Trinajstić information content (AvgIpc) is 2.34. The van der Waals surface area contributed by atoms with Crippen molar-refractivity contribution in [1.82, 2.24) is 15.1 Å². The largest absolute Gasteiger partial charge is 0.480 e. The van der Waals surface area contributed by atoms with Gasteiger partial charge in [-0.1, -0.05) is 6.92 Å². The van der Waals surface area contributed by atoms with Crippen LogP contribution in [0.2, 0.25) is 0 Å². The highest BCUT2D eigenvalue weighted by Crippen LogP contribution is 1.96. The van der Waals surface area contributed by atoms with Gasteiger partial charge >= 0.3 is 12.0 Å². The summed E-state index contributed by atoms with van der Waals surface area (Å²) in [6.45, 7) is 1.32. The number of carboxylic acid groups (broad SMARTS) is 1. The Morgan fingerprint density at radius 3 is 2.21 bits per heavy atom. The van der Waals surface area contributed by atoms with Crippen molar-refractivity contribution in [3.05, 3.63) is 0 Å². The molecule has 0 aliphatic heterocycles. The zero-order valence-corrected chi connectivity index (χ0v) is 11.4. The summed E-state index contributed by atoms with van der Waals surface area (Å²) in [4.78, 5) is 36.7. The standard InChI is InChI=1S/C11H21N3O5/c1-4-5-14(6-9(16)13(2)3)11(19)12-8(7-15)10(17)18/h8,15H,4-7H2,1-3H3,(H,12,19)(H,17,18). The fourth-order valence-electron chi connectivity index (χ4n) is 1.25. The number of nitrogens with one attached hydrogen (secondary N) is 1. The second kappa shape index (κ2) is 8.30. The zero-order chi connectivity index (χ0) is 15.0. The number of rotatable bonds is 7. The molecule has 1 unspecified atom stereocenters. The number of hydrogen-bond donors (Lipinski definition) is 3. The quantitative estimate of drug-likeness (QED) is 0.548. The molecule has 0 heterocycles. The number of aliphatic carboxylic acids is 1. The van der Waals surface area contributed by atoms with Crippen LogP contribution in [-0.2, 0) is 9.59 Å². The average molecular weight is 275 g/mol. The summed E-state index contributed by atoms with van der Waals surface area (Å²) in [6, 6.07) is -2.06. The highest BCUT2D eigenvalue weighted by Gasteiger charge is 2.23. The van der Waals surface area contributed by atoms with Gasteiger partial charge in [0.1, 0.15) is 6.54 Å². The van der Waals surface area contributed by atoms with E-state index in [1.54, 1.807) is 14.1 Å². The van der Waals surface area contributed by atoms with Gasteiger partial charge < -0.3 is 25.3 Å². The van der Waals surface area contributed by atoms with Crippen molar-refractivity contribution in [3.8, 4) is 0 Å². The van der Waals surface area contributed by atoms with E-state index in [-0.39, 0.29) is 12.5 Å². The molecular formula is C11H21N3O5. The van der Waals surface area contributed by atoms with Crippen LogP contribution in [0.4, 0.5) is 4.79 Å². The number of likely N-dealkylation sites (N-methyl/N-ethyl adjacent to an activating group) is 1. The third-order valence-electron chi connectivity index (χ3n) is 2.38. The predicted octanol–water partition coefficient (Wildman–Crippen LogP) is -1.06. The van der Waals surface area contributed by atoms with Gasteiger partial charge in [-0.15, -0.1) is 0 Å². The van der Waals surface area contributed by atoms with Crippen molar-refractivity contribution in [2.45, 2.75) is 19.4 Å². The molecule has 110 valence electrons. The maximum absolute atomic E-state index is 11.8. The summed E-state index contributed by atoms with van der Waals surface area (Å²) in [5.74, 6) is -1.59. The Morgan fingerprint density at radius 1 is 1.26 bits per heavy atom. The van der Waals surface area contributed by atoms with E-state index in [9.17, 15) is 14.4 Å².